The van der Waals surface area contributed by atoms with Gasteiger partial charge in [-0.2, -0.15) is 4.91 Å². The molecule has 2 fully saturated rings. The van der Waals surface area contributed by atoms with Crippen molar-refractivity contribution >= 4 is 22.6 Å². The van der Waals surface area contributed by atoms with Crippen molar-refractivity contribution in [1.29, 1.82) is 0 Å². The number of ether oxygens (including phenoxy) is 1. The number of halogens is 1. The average Bonchev–Trinajstić information content (AvgIpc) is 3.38. The van der Waals surface area contributed by atoms with Crippen LogP contribution in [-0.4, -0.2) is 41.9 Å². The quantitative estimate of drug-likeness (QED) is 0.806. The first-order valence-electron chi connectivity index (χ1n) is 8.72. The second kappa shape index (κ2) is 6.33. The molecule has 2 heterocycles. The summed E-state index contributed by atoms with van der Waals surface area (Å²) >= 11 is 0. The molecule has 0 amide bonds. The highest BCUT2D eigenvalue weighted by Gasteiger charge is 2.33. The van der Waals surface area contributed by atoms with Gasteiger partial charge in [0.05, 0.1) is 18.0 Å². The SMILES string of the molecule is COc1c(N2CCC(N=O)C2)c(F)cc2c(=O)c(C(=O)O)cn(C3CC3)c12. The van der Waals surface area contributed by atoms with Crippen LogP contribution >= 0.6 is 0 Å². The number of fused-ring (bicyclic) bond motifs is 1. The predicted octanol–water partition coefficient (Wildman–Crippen LogP) is 2.53. The van der Waals surface area contributed by atoms with Gasteiger partial charge in [0.25, 0.3) is 0 Å². The molecule has 0 radical (unpaired) electrons. The predicted molar refractivity (Wildman–Crippen MR) is 96.4 cm³/mol. The number of aromatic nitrogens is 1. The van der Waals surface area contributed by atoms with Crippen LogP contribution in [0.5, 0.6) is 5.75 Å². The van der Waals surface area contributed by atoms with Crippen LogP contribution in [0.3, 0.4) is 0 Å². The molecule has 9 heteroatoms. The maximum absolute atomic E-state index is 15.0. The molecular formula is C18H18FN3O5. The van der Waals surface area contributed by atoms with Crippen LogP contribution in [0.2, 0.25) is 0 Å². The molecule has 1 aromatic heterocycles. The van der Waals surface area contributed by atoms with Gasteiger partial charge in [0.2, 0.25) is 5.43 Å². The van der Waals surface area contributed by atoms with Crippen LogP contribution in [0.1, 0.15) is 35.7 Å². The minimum Gasteiger partial charge on any atom is -0.492 e. The fourth-order valence-corrected chi connectivity index (χ4v) is 3.76. The minimum absolute atomic E-state index is 0.0239. The van der Waals surface area contributed by atoms with Crippen LogP contribution in [0.4, 0.5) is 10.1 Å². The Hall–Kier alpha value is -2.97. The largest absolute Gasteiger partial charge is 0.492 e. The average molecular weight is 375 g/mol. The van der Waals surface area contributed by atoms with Gasteiger partial charge in [0.1, 0.15) is 17.3 Å². The molecule has 1 aromatic carbocycles. The van der Waals surface area contributed by atoms with E-state index in [9.17, 15) is 24.0 Å². The van der Waals surface area contributed by atoms with E-state index in [2.05, 4.69) is 5.18 Å². The lowest BCUT2D eigenvalue weighted by molar-refractivity contribution is 0.0695. The van der Waals surface area contributed by atoms with Crippen LogP contribution in [0.15, 0.2) is 22.2 Å². The second-order valence-electron chi connectivity index (χ2n) is 6.95. The normalized spacial score (nSPS) is 19.5. The summed E-state index contributed by atoms with van der Waals surface area (Å²) in [6, 6.07) is 0.689. The van der Waals surface area contributed by atoms with Gasteiger partial charge in [0, 0.05) is 25.3 Å². The Morgan fingerprint density at radius 1 is 1.37 bits per heavy atom. The molecule has 142 valence electrons. The van der Waals surface area contributed by atoms with E-state index in [1.165, 1.54) is 13.3 Å². The molecule has 8 nitrogen and oxygen atoms in total. The van der Waals surface area contributed by atoms with Gasteiger partial charge in [-0.25, -0.2) is 9.18 Å². The smallest absolute Gasteiger partial charge is 0.341 e. The van der Waals surface area contributed by atoms with Crippen LogP contribution in [0, 0.1) is 10.7 Å². The van der Waals surface area contributed by atoms with Crippen LogP contribution in [-0.2, 0) is 0 Å². The summed E-state index contributed by atoms with van der Waals surface area (Å²) in [6.45, 7) is 0.708. The number of anilines is 1. The first-order valence-corrected chi connectivity index (χ1v) is 8.72. The summed E-state index contributed by atoms with van der Waals surface area (Å²) in [5.74, 6) is -1.86. The van der Waals surface area contributed by atoms with E-state index in [-0.39, 0.29) is 29.4 Å². The lowest BCUT2D eigenvalue weighted by atomic mass is 10.1. The van der Waals surface area contributed by atoms with E-state index in [1.54, 1.807) is 9.47 Å². The fraction of sp³-hybridized carbons (Fsp3) is 0.444. The molecule has 27 heavy (non-hydrogen) atoms. The third-order valence-corrected chi connectivity index (χ3v) is 5.20. The molecular weight excluding hydrogens is 357 g/mol. The lowest BCUT2D eigenvalue weighted by Gasteiger charge is -2.24. The molecule has 4 rings (SSSR count). The van der Waals surface area contributed by atoms with Crippen molar-refractivity contribution in [3.8, 4) is 5.75 Å². The van der Waals surface area contributed by atoms with Gasteiger partial charge in [-0.1, -0.05) is 5.18 Å². The Bertz CT molecular complexity index is 1010. The minimum atomic E-state index is -1.35. The molecule has 2 aliphatic rings. The van der Waals surface area contributed by atoms with Gasteiger partial charge >= 0.3 is 5.97 Å². The number of benzene rings is 1. The summed E-state index contributed by atoms with van der Waals surface area (Å²) in [4.78, 5) is 36.6. The van der Waals surface area contributed by atoms with Crippen LogP contribution in [0.25, 0.3) is 10.9 Å². The maximum Gasteiger partial charge on any atom is 0.341 e. The number of nitroso groups, excluding NO2 is 1. The van der Waals surface area contributed by atoms with Crippen molar-refractivity contribution in [3.05, 3.63) is 38.8 Å². The molecule has 1 saturated heterocycles. The molecule has 1 atom stereocenters. The van der Waals surface area contributed by atoms with E-state index in [0.29, 0.717) is 18.5 Å². The Morgan fingerprint density at radius 3 is 2.67 bits per heavy atom. The van der Waals surface area contributed by atoms with E-state index < -0.39 is 28.8 Å². The number of nitrogens with zero attached hydrogens (tertiary/aromatic N) is 3. The maximum atomic E-state index is 15.0. The molecule has 1 N–H and O–H groups in total. The molecule has 0 spiro atoms. The Morgan fingerprint density at radius 2 is 2.11 bits per heavy atom. The van der Waals surface area contributed by atoms with Crippen molar-refractivity contribution in [2.45, 2.75) is 31.3 Å². The summed E-state index contributed by atoms with van der Waals surface area (Å²) in [5.41, 5.74) is -0.580. The number of rotatable bonds is 5. The number of aromatic carboxylic acids is 1. The Kier molecular flexibility index (Phi) is 4.09. The molecule has 0 bridgehead atoms. The highest BCUT2D eigenvalue weighted by molar-refractivity contribution is 5.97. The molecule has 1 aliphatic carbocycles. The third-order valence-electron chi connectivity index (χ3n) is 5.20. The number of hydrogen-bond donors (Lipinski definition) is 1. The first kappa shape index (κ1) is 17.4. The number of carbonyl (C=O) groups is 1. The number of pyridine rings is 1. The topological polar surface area (TPSA) is 101 Å². The van der Waals surface area contributed by atoms with Crippen molar-refractivity contribution in [1.82, 2.24) is 4.57 Å². The summed E-state index contributed by atoms with van der Waals surface area (Å²) in [7, 11) is 1.38. The van der Waals surface area contributed by atoms with E-state index >= 15 is 0 Å². The molecule has 1 unspecified atom stereocenters. The van der Waals surface area contributed by atoms with Gasteiger partial charge in [-0.3, -0.25) is 4.79 Å². The number of hydrogen-bond acceptors (Lipinski definition) is 6. The van der Waals surface area contributed by atoms with Crippen LogP contribution < -0.4 is 15.1 Å². The van der Waals surface area contributed by atoms with Crippen molar-refractivity contribution in [2.24, 2.45) is 5.18 Å². The van der Waals surface area contributed by atoms with Crippen molar-refractivity contribution in [2.75, 3.05) is 25.1 Å². The number of carboxylic acid groups (broad SMARTS) is 1. The van der Waals surface area contributed by atoms with Gasteiger partial charge in [0.15, 0.2) is 11.6 Å². The second-order valence-corrected chi connectivity index (χ2v) is 6.95. The summed E-state index contributed by atoms with van der Waals surface area (Å²) in [5, 5.41) is 12.4. The molecule has 1 aliphatic heterocycles. The standard InChI is InChI=1S/C18H18FN3O5/c1-27-17-14-11(6-13(19)15(17)21-5-4-9(7-21)20-26)16(23)12(18(24)25)8-22(14)10-2-3-10/h6,8-10H,2-5,7H2,1H3,(H,24,25). The Balaban J connectivity index is 2.02. The van der Waals surface area contributed by atoms with Gasteiger partial charge in [-0.05, 0) is 25.3 Å². The van der Waals surface area contributed by atoms with E-state index in [1.807, 2.05) is 0 Å². The zero-order chi connectivity index (χ0) is 19.3. The first-order chi connectivity index (χ1) is 13.0. The lowest BCUT2D eigenvalue weighted by Crippen LogP contribution is -2.24. The van der Waals surface area contributed by atoms with Crippen molar-refractivity contribution in [3.63, 3.8) is 0 Å². The molecule has 1 saturated carbocycles. The Labute approximate surface area is 153 Å². The summed E-state index contributed by atoms with van der Waals surface area (Å²) < 4.78 is 22.2. The van der Waals surface area contributed by atoms with Gasteiger partial charge in [-0.15, -0.1) is 0 Å². The zero-order valence-corrected chi connectivity index (χ0v) is 14.6. The number of methoxy groups -OCH3 is 1. The third kappa shape index (κ3) is 2.73. The highest BCUT2D eigenvalue weighted by Crippen LogP contribution is 2.44. The van der Waals surface area contributed by atoms with E-state index in [4.69, 9.17) is 4.74 Å². The highest BCUT2D eigenvalue weighted by atomic mass is 19.1. The molecule has 2 aromatic rings. The zero-order valence-electron chi connectivity index (χ0n) is 14.6. The van der Waals surface area contributed by atoms with Gasteiger partial charge < -0.3 is 19.3 Å². The van der Waals surface area contributed by atoms with Crippen molar-refractivity contribution < 1.29 is 19.0 Å². The van der Waals surface area contributed by atoms with E-state index in [0.717, 1.165) is 18.9 Å². The number of carboxylic acids is 1. The monoisotopic (exact) mass is 375 g/mol. The summed E-state index contributed by atoms with van der Waals surface area (Å²) in [6.07, 6.45) is 3.51. The fourth-order valence-electron chi connectivity index (χ4n) is 3.76.